The molecule has 0 aromatic carbocycles. The second kappa shape index (κ2) is 4.54. The number of amides is 1. The average molecular weight is 226 g/mol. The van der Waals surface area contributed by atoms with E-state index in [4.69, 9.17) is 0 Å². The van der Waals surface area contributed by atoms with Gasteiger partial charge in [0.05, 0.1) is 5.60 Å². The molecule has 1 atom stereocenters. The summed E-state index contributed by atoms with van der Waals surface area (Å²) in [5.74, 6) is -0.215. The molecule has 0 spiro atoms. The maximum atomic E-state index is 11.5. The Bertz CT molecular complexity index is 345. The number of aromatic nitrogens is 4. The van der Waals surface area contributed by atoms with Gasteiger partial charge in [0.1, 0.15) is 12.9 Å². The monoisotopic (exact) mass is 226 g/mol. The van der Waals surface area contributed by atoms with Gasteiger partial charge in [0.15, 0.2) is 0 Å². The minimum absolute atomic E-state index is 0.0660. The minimum Gasteiger partial charge on any atom is -0.387 e. The number of β-amino-alcohol motifs (C(OH)–C–C–N with tert-alkyl or cyclic N) is 1. The van der Waals surface area contributed by atoms with E-state index < -0.39 is 5.60 Å². The first kappa shape index (κ1) is 11.0. The van der Waals surface area contributed by atoms with Gasteiger partial charge in [-0.15, -0.1) is 5.10 Å². The van der Waals surface area contributed by atoms with Crippen LogP contribution in [-0.4, -0.2) is 56.5 Å². The summed E-state index contributed by atoms with van der Waals surface area (Å²) in [6, 6.07) is 0. The van der Waals surface area contributed by atoms with E-state index in [-0.39, 0.29) is 19.0 Å². The summed E-state index contributed by atoms with van der Waals surface area (Å²) in [6.07, 6.45) is 2.02. The number of nitrogens with one attached hydrogen (secondary N) is 2. The summed E-state index contributed by atoms with van der Waals surface area (Å²) < 4.78 is 1.33. The van der Waals surface area contributed by atoms with Gasteiger partial charge in [0, 0.05) is 13.1 Å². The molecule has 1 fully saturated rings. The van der Waals surface area contributed by atoms with Gasteiger partial charge in [-0.2, -0.15) is 0 Å². The molecule has 2 heterocycles. The quantitative estimate of drug-likeness (QED) is 0.525. The highest BCUT2D eigenvalue weighted by molar-refractivity contribution is 5.75. The third kappa shape index (κ3) is 2.74. The molecular weight excluding hydrogens is 212 g/mol. The summed E-state index contributed by atoms with van der Waals surface area (Å²) in [7, 11) is 0. The molecule has 1 aromatic rings. The smallest absolute Gasteiger partial charge is 0.241 e. The fraction of sp³-hybridized carbons (Fsp3) is 0.750. The minimum atomic E-state index is -0.823. The van der Waals surface area contributed by atoms with E-state index in [0.29, 0.717) is 13.0 Å². The molecule has 2 rings (SSSR count). The fourth-order valence-electron chi connectivity index (χ4n) is 1.60. The number of nitrogens with zero attached hydrogens (tertiary/aromatic N) is 4. The van der Waals surface area contributed by atoms with E-state index >= 15 is 0 Å². The lowest BCUT2D eigenvalue weighted by atomic mass is 10.0. The molecule has 1 aliphatic heterocycles. The van der Waals surface area contributed by atoms with Crippen molar-refractivity contribution in [2.75, 3.05) is 19.6 Å². The van der Waals surface area contributed by atoms with Crippen LogP contribution in [0.1, 0.15) is 6.42 Å². The average Bonchev–Trinajstić information content (AvgIpc) is 2.88. The molecule has 1 aliphatic rings. The predicted molar refractivity (Wildman–Crippen MR) is 53.3 cm³/mol. The molecule has 0 bridgehead atoms. The molecule has 3 N–H and O–H groups in total. The summed E-state index contributed by atoms with van der Waals surface area (Å²) in [5.41, 5.74) is -0.823. The maximum Gasteiger partial charge on any atom is 0.241 e. The number of carbonyl (C=O) groups is 1. The predicted octanol–water partition coefficient (Wildman–Crippen LogP) is -2.49. The van der Waals surface area contributed by atoms with Gasteiger partial charge >= 0.3 is 0 Å². The first-order chi connectivity index (χ1) is 7.68. The molecule has 8 heteroatoms. The van der Waals surface area contributed by atoms with Crippen molar-refractivity contribution in [2.45, 2.75) is 18.6 Å². The van der Waals surface area contributed by atoms with E-state index in [1.54, 1.807) is 0 Å². The van der Waals surface area contributed by atoms with Crippen LogP contribution in [0, 0.1) is 0 Å². The van der Waals surface area contributed by atoms with Crippen LogP contribution in [0.3, 0.4) is 0 Å². The Kier molecular flexibility index (Phi) is 3.11. The highest BCUT2D eigenvalue weighted by Crippen LogP contribution is 2.12. The molecule has 88 valence electrons. The topological polar surface area (TPSA) is 105 Å². The Morgan fingerprint density at radius 3 is 3.19 bits per heavy atom. The van der Waals surface area contributed by atoms with Crippen LogP contribution in [0.5, 0.6) is 0 Å². The molecule has 0 aliphatic carbocycles. The maximum absolute atomic E-state index is 11.5. The molecule has 16 heavy (non-hydrogen) atoms. The number of aliphatic hydroxyl groups is 1. The molecule has 1 amide bonds. The van der Waals surface area contributed by atoms with Crippen LogP contribution in [0.25, 0.3) is 0 Å². The van der Waals surface area contributed by atoms with Crippen molar-refractivity contribution in [3.8, 4) is 0 Å². The van der Waals surface area contributed by atoms with Crippen molar-refractivity contribution in [3.63, 3.8) is 0 Å². The molecule has 0 radical (unpaired) electrons. The second-order valence-corrected chi connectivity index (χ2v) is 3.94. The van der Waals surface area contributed by atoms with Crippen LogP contribution in [-0.2, 0) is 11.3 Å². The zero-order valence-corrected chi connectivity index (χ0v) is 8.76. The highest BCUT2D eigenvalue weighted by atomic mass is 16.3. The SMILES string of the molecule is O=C(Cn1cnnn1)NCC1(O)CCNC1. The van der Waals surface area contributed by atoms with Gasteiger partial charge < -0.3 is 15.7 Å². The first-order valence-corrected chi connectivity index (χ1v) is 5.09. The molecule has 0 saturated carbocycles. The van der Waals surface area contributed by atoms with Crippen LogP contribution in [0.4, 0.5) is 0 Å². The zero-order chi connectivity index (χ0) is 11.4. The Balaban J connectivity index is 1.75. The van der Waals surface area contributed by atoms with Gasteiger partial charge in [-0.1, -0.05) is 0 Å². The molecule has 1 unspecified atom stereocenters. The number of tetrazole rings is 1. The fourth-order valence-corrected chi connectivity index (χ4v) is 1.60. The second-order valence-electron chi connectivity index (χ2n) is 3.94. The largest absolute Gasteiger partial charge is 0.387 e. The zero-order valence-electron chi connectivity index (χ0n) is 8.76. The van der Waals surface area contributed by atoms with E-state index in [0.717, 1.165) is 6.54 Å². The molecule has 8 nitrogen and oxygen atoms in total. The third-order valence-electron chi connectivity index (χ3n) is 2.53. The van der Waals surface area contributed by atoms with Gasteiger partial charge in [-0.05, 0) is 23.4 Å². The lowest BCUT2D eigenvalue weighted by molar-refractivity contribution is -0.123. The van der Waals surface area contributed by atoms with Crippen LogP contribution < -0.4 is 10.6 Å². The van der Waals surface area contributed by atoms with E-state index in [1.807, 2.05) is 0 Å². The number of rotatable bonds is 4. The van der Waals surface area contributed by atoms with E-state index in [9.17, 15) is 9.90 Å². The normalized spacial score (nSPS) is 24.6. The van der Waals surface area contributed by atoms with Gasteiger partial charge in [-0.3, -0.25) is 4.79 Å². The van der Waals surface area contributed by atoms with Gasteiger partial charge in [0.2, 0.25) is 5.91 Å². The molecule has 1 saturated heterocycles. The lowest BCUT2D eigenvalue weighted by Crippen LogP contribution is -2.45. The summed E-state index contributed by atoms with van der Waals surface area (Å²) in [5, 5.41) is 26.1. The van der Waals surface area contributed by atoms with Crippen molar-refractivity contribution in [2.24, 2.45) is 0 Å². The third-order valence-corrected chi connectivity index (χ3v) is 2.53. The van der Waals surface area contributed by atoms with Crippen molar-refractivity contribution >= 4 is 5.91 Å². The van der Waals surface area contributed by atoms with Crippen molar-refractivity contribution in [1.29, 1.82) is 0 Å². The Labute approximate surface area is 92.0 Å². The number of carbonyl (C=O) groups excluding carboxylic acids is 1. The Hall–Kier alpha value is -1.54. The van der Waals surface area contributed by atoms with E-state index in [1.165, 1.54) is 11.0 Å². The lowest BCUT2D eigenvalue weighted by Gasteiger charge is -2.21. The summed E-state index contributed by atoms with van der Waals surface area (Å²) in [6.45, 7) is 1.61. The number of hydrogen-bond acceptors (Lipinski definition) is 6. The standard InChI is InChI=1S/C8H14N6O2/c15-7(3-14-6-11-12-13-14)10-5-8(16)1-2-9-4-8/h6,9,16H,1-5H2,(H,10,15). The summed E-state index contributed by atoms with van der Waals surface area (Å²) in [4.78, 5) is 11.5. The van der Waals surface area contributed by atoms with Crippen LogP contribution in [0.2, 0.25) is 0 Å². The van der Waals surface area contributed by atoms with Gasteiger partial charge in [0.25, 0.3) is 0 Å². The first-order valence-electron chi connectivity index (χ1n) is 5.09. The van der Waals surface area contributed by atoms with Gasteiger partial charge in [-0.25, -0.2) is 4.68 Å². The van der Waals surface area contributed by atoms with E-state index in [2.05, 4.69) is 26.2 Å². The van der Waals surface area contributed by atoms with Crippen LogP contribution in [0.15, 0.2) is 6.33 Å². The Morgan fingerprint density at radius 2 is 2.56 bits per heavy atom. The Morgan fingerprint density at radius 1 is 1.69 bits per heavy atom. The van der Waals surface area contributed by atoms with Crippen molar-refractivity contribution < 1.29 is 9.90 Å². The molecular formula is C8H14N6O2. The molecule has 1 aromatic heterocycles. The van der Waals surface area contributed by atoms with Crippen molar-refractivity contribution in [3.05, 3.63) is 6.33 Å². The summed E-state index contributed by atoms with van der Waals surface area (Å²) >= 11 is 0. The number of hydrogen-bond donors (Lipinski definition) is 3. The highest BCUT2D eigenvalue weighted by Gasteiger charge is 2.31. The van der Waals surface area contributed by atoms with Crippen molar-refractivity contribution in [1.82, 2.24) is 30.8 Å². The van der Waals surface area contributed by atoms with Crippen LogP contribution >= 0.6 is 0 Å².